The van der Waals surface area contributed by atoms with Crippen molar-refractivity contribution in [3.8, 4) is 17.1 Å². The highest BCUT2D eigenvalue weighted by atomic mass is 19.4. The quantitative estimate of drug-likeness (QED) is 0.255. The molecule has 1 fully saturated rings. The molecule has 47 heavy (non-hydrogen) atoms. The van der Waals surface area contributed by atoms with E-state index in [-0.39, 0.29) is 17.3 Å². The Balaban J connectivity index is 1.26. The van der Waals surface area contributed by atoms with Crippen molar-refractivity contribution in [2.75, 3.05) is 32.5 Å². The molecule has 0 radical (unpaired) electrons. The van der Waals surface area contributed by atoms with Gasteiger partial charge in [0.1, 0.15) is 23.6 Å². The van der Waals surface area contributed by atoms with Gasteiger partial charge in [-0.2, -0.15) is 18.3 Å². The number of carbonyl (C=O) groups is 2. The number of anilines is 1. The number of amides is 2. The van der Waals surface area contributed by atoms with Gasteiger partial charge in [-0.15, -0.1) is 0 Å². The first-order valence-electron chi connectivity index (χ1n) is 14.8. The summed E-state index contributed by atoms with van der Waals surface area (Å²) in [6.07, 6.45) is -3.48. The molecule has 2 aliphatic rings. The summed E-state index contributed by atoms with van der Waals surface area (Å²) in [7, 11) is 1.29. The summed E-state index contributed by atoms with van der Waals surface area (Å²) in [6, 6.07) is 10.3. The minimum Gasteiger partial charge on any atom is -0.480 e. The topological polar surface area (TPSA) is 151 Å². The molecule has 0 spiro atoms. The molecule has 12 nitrogen and oxygen atoms in total. The van der Waals surface area contributed by atoms with Gasteiger partial charge in [0.05, 0.1) is 25.4 Å². The zero-order valence-corrected chi connectivity index (χ0v) is 25.5. The first-order chi connectivity index (χ1) is 22.3. The van der Waals surface area contributed by atoms with Gasteiger partial charge < -0.3 is 25.8 Å². The lowest BCUT2D eigenvalue weighted by molar-refractivity contribution is -0.249. The Hall–Kier alpha value is -4.83. The number of alkyl halides is 4. The van der Waals surface area contributed by atoms with E-state index >= 15 is 0 Å². The predicted octanol–water partition coefficient (Wildman–Crippen LogP) is 2.53. The zero-order valence-electron chi connectivity index (χ0n) is 25.5. The van der Waals surface area contributed by atoms with Crippen LogP contribution in [0.25, 0.3) is 16.8 Å². The van der Waals surface area contributed by atoms with Crippen LogP contribution in [-0.4, -0.2) is 97.0 Å². The fourth-order valence-electron chi connectivity index (χ4n) is 6.06. The van der Waals surface area contributed by atoms with Crippen LogP contribution in [0.4, 0.5) is 23.4 Å². The smallest absolute Gasteiger partial charge is 0.426 e. The maximum atomic E-state index is 14.9. The molecule has 3 atom stereocenters. The van der Waals surface area contributed by atoms with Crippen molar-refractivity contribution in [1.82, 2.24) is 34.7 Å². The van der Waals surface area contributed by atoms with Crippen LogP contribution >= 0.6 is 0 Å². The molecular weight excluding hydrogens is 624 g/mol. The highest BCUT2D eigenvalue weighted by Crippen LogP contribution is 2.34. The molecule has 6 rings (SSSR count). The molecule has 0 bridgehead atoms. The largest absolute Gasteiger partial charge is 0.480 e. The Morgan fingerprint density at radius 3 is 2.62 bits per heavy atom. The van der Waals surface area contributed by atoms with E-state index in [0.29, 0.717) is 35.1 Å². The number of nitrogens with two attached hydrogens (primary N) is 1. The molecule has 1 saturated heterocycles. The second kappa shape index (κ2) is 12.1. The Morgan fingerprint density at radius 2 is 1.89 bits per heavy atom. The summed E-state index contributed by atoms with van der Waals surface area (Å²) >= 11 is 0. The van der Waals surface area contributed by atoms with E-state index < -0.39 is 48.9 Å². The lowest BCUT2D eigenvalue weighted by Gasteiger charge is -2.29. The Kier molecular flexibility index (Phi) is 8.25. The molecule has 1 aromatic carbocycles. The van der Waals surface area contributed by atoms with Crippen molar-refractivity contribution in [1.29, 1.82) is 0 Å². The van der Waals surface area contributed by atoms with E-state index in [4.69, 9.17) is 10.5 Å². The van der Waals surface area contributed by atoms with Crippen LogP contribution in [0.5, 0.6) is 5.88 Å². The van der Waals surface area contributed by atoms with Gasteiger partial charge in [-0.25, -0.2) is 18.9 Å². The number of nitrogen functional groups attached to an aromatic ring is 1. The number of benzene rings is 1. The molecule has 0 unspecified atom stereocenters. The molecule has 3 aromatic heterocycles. The van der Waals surface area contributed by atoms with Gasteiger partial charge in [-0.05, 0) is 42.2 Å². The molecule has 0 saturated carbocycles. The molecule has 0 aliphatic carbocycles. The van der Waals surface area contributed by atoms with Gasteiger partial charge in [0.15, 0.2) is 5.82 Å². The van der Waals surface area contributed by atoms with Gasteiger partial charge in [0, 0.05) is 37.9 Å². The van der Waals surface area contributed by atoms with Crippen molar-refractivity contribution in [3.63, 3.8) is 0 Å². The van der Waals surface area contributed by atoms with Gasteiger partial charge >= 0.3 is 6.18 Å². The minimum absolute atomic E-state index is 0.0876. The van der Waals surface area contributed by atoms with E-state index in [0.717, 1.165) is 25.1 Å². The minimum atomic E-state index is -5.27. The molecule has 4 aromatic rings. The van der Waals surface area contributed by atoms with E-state index in [2.05, 4.69) is 37.4 Å². The number of nitrogens with one attached hydrogen (secondary N) is 1. The summed E-state index contributed by atoms with van der Waals surface area (Å²) in [5.41, 5.74) is 7.50. The van der Waals surface area contributed by atoms with E-state index in [1.54, 1.807) is 4.52 Å². The summed E-state index contributed by atoms with van der Waals surface area (Å²) < 4.78 is 61.5. The lowest BCUT2D eigenvalue weighted by atomic mass is 9.99. The van der Waals surface area contributed by atoms with Crippen molar-refractivity contribution < 1.29 is 37.0 Å². The number of fused-ring (bicyclic) bond motifs is 2. The third kappa shape index (κ3) is 5.93. The van der Waals surface area contributed by atoms with Crippen molar-refractivity contribution >= 4 is 23.1 Å². The molecule has 16 heteroatoms. The second-order valence-corrected chi connectivity index (χ2v) is 11.8. The SMILES string of the molecule is COc1ncc(-c2cc(CN3CCc4ccccc4C3)c3c(N)ncnn23)cc1C(=O)N[C@@H]1CN(C(=O)[C@@](C)(O)C(F)(F)F)C[C@@H]1F. The first kappa shape index (κ1) is 32.1. The number of aromatic nitrogens is 4. The van der Waals surface area contributed by atoms with Crippen LogP contribution in [0.2, 0.25) is 0 Å². The molecule has 248 valence electrons. The number of rotatable bonds is 7. The maximum absolute atomic E-state index is 14.9. The zero-order chi connectivity index (χ0) is 33.7. The van der Waals surface area contributed by atoms with Gasteiger partial charge in [-0.3, -0.25) is 14.5 Å². The highest BCUT2D eigenvalue weighted by molar-refractivity contribution is 5.98. The molecular formula is C31H32F4N8O4. The van der Waals surface area contributed by atoms with Crippen molar-refractivity contribution in [2.24, 2.45) is 0 Å². The summed E-state index contributed by atoms with van der Waals surface area (Å²) in [5.74, 6) is -2.37. The summed E-state index contributed by atoms with van der Waals surface area (Å²) in [4.78, 5) is 37.1. The fraction of sp³-hybridized carbons (Fsp3) is 0.387. The molecule has 4 N–H and O–H groups in total. The van der Waals surface area contributed by atoms with Gasteiger partial charge in [0.25, 0.3) is 11.8 Å². The normalized spacial score (nSPS) is 19.8. The summed E-state index contributed by atoms with van der Waals surface area (Å²) in [6.45, 7) is 1.10. The van der Waals surface area contributed by atoms with Crippen LogP contribution in [0, 0.1) is 0 Å². The van der Waals surface area contributed by atoms with Crippen molar-refractivity contribution in [2.45, 2.75) is 50.4 Å². The number of halogens is 4. The van der Waals surface area contributed by atoms with Gasteiger partial charge in [-0.1, -0.05) is 24.3 Å². The number of aliphatic hydroxyl groups is 1. The number of pyridine rings is 1. The lowest BCUT2D eigenvalue weighted by Crippen LogP contribution is -2.56. The third-order valence-electron chi connectivity index (χ3n) is 8.67. The average molecular weight is 657 g/mol. The number of ether oxygens (including phenoxy) is 1. The highest BCUT2D eigenvalue weighted by Gasteiger charge is 2.58. The number of nitrogens with zero attached hydrogens (tertiary/aromatic N) is 6. The number of hydrogen-bond donors (Lipinski definition) is 3. The second-order valence-electron chi connectivity index (χ2n) is 11.8. The first-order valence-corrected chi connectivity index (χ1v) is 14.8. The van der Waals surface area contributed by atoms with Crippen LogP contribution in [0.1, 0.15) is 34.0 Å². The number of methoxy groups -OCH3 is 1. The Morgan fingerprint density at radius 1 is 1.15 bits per heavy atom. The predicted molar refractivity (Wildman–Crippen MR) is 161 cm³/mol. The van der Waals surface area contributed by atoms with Crippen molar-refractivity contribution in [3.05, 3.63) is 71.2 Å². The van der Waals surface area contributed by atoms with Crippen LogP contribution < -0.4 is 15.8 Å². The maximum Gasteiger partial charge on any atom is 0.426 e. The van der Waals surface area contributed by atoms with Crippen LogP contribution in [0.3, 0.4) is 0 Å². The van der Waals surface area contributed by atoms with E-state index in [9.17, 15) is 32.3 Å². The van der Waals surface area contributed by atoms with Gasteiger partial charge in [0.2, 0.25) is 11.5 Å². The number of carbonyl (C=O) groups excluding carboxylic acids is 2. The Bertz CT molecular complexity index is 1850. The number of likely N-dealkylation sites (tertiary alicyclic amines) is 1. The fourth-order valence-corrected chi connectivity index (χ4v) is 6.06. The Labute approximate surface area is 266 Å². The molecule has 5 heterocycles. The molecule has 2 aliphatic heterocycles. The van der Waals surface area contributed by atoms with E-state index in [1.165, 1.54) is 36.8 Å². The van der Waals surface area contributed by atoms with Crippen LogP contribution in [-0.2, 0) is 24.3 Å². The average Bonchev–Trinajstić information content (AvgIpc) is 3.60. The van der Waals surface area contributed by atoms with Crippen LogP contribution in [0.15, 0.2) is 48.9 Å². The van der Waals surface area contributed by atoms with E-state index in [1.807, 2.05) is 18.2 Å². The monoisotopic (exact) mass is 656 g/mol. The standard InChI is InChI=1S/C31H32F4N8O4/c1-30(46,31(33,34)35)29(45)42-14-22(32)23(15-42)40-27(44)21-9-19(11-37-28(21)47-2)24-10-20(25-26(36)38-16-39-43(24)25)13-41-8-7-17-5-3-4-6-18(17)12-41/h3-6,9-11,16,22-23,46H,7-8,12-15H2,1-2H3,(H,40,44)(H2,36,38,39)/t22-,23+,30+/m0/s1. The third-order valence-corrected chi connectivity index (χ3v) is 8.67. The number of hydrogen-bond acceptors (Lipinski definition) is 9. The molecule has 2 amide bonds. The summed E-state index contributed by atoms with van der Waals surface area (Å²) in [5, 5.41) is 16.6.